The molecule has 1 aromatic heterocycles. The second-order valence-electron chi connectivity index (χ2n) is 14.1. The average Bonchev–Trinajstić information content (AvgIpc) is 3.08. The molecule has 0 aliphatic carbocycles. The number of aryl methyl sites for hydroxylation is 2. The van der Waals surface area contributed by atoms with Crippen LogP contribution in [0.15, 0.2) is 50.8 Å². The molecule has 272 valence electrons. The van der Waals surface area contributed by atoms with Crippen LogP contribution in [0.5, 0.6) is 11.5 Å². The van der Waals surface area contributed by atoms with Gasteiger partial charge in [0, 0.05) is 0 Å². The second-order valence-corrected chi connectivity index (χ2v) is 14.1. The van der Waals surface area contributed by atoms with E-state index in [-0.39, 0.29) is 11.5 Å². The van der Waals surface area contributed by atoms with Gasteiger partial charge in [-0.25, -0.2) is 23.5 Å². The maximum absolute atomic E-state index is 15.5. The van der Waals surface area contributed by atoms with E-state index in [4.69, 9.17) is 0 Å². The smallest absolute Gasteiger partial charge is 0.337 e. The van der Waals surface area contributed by atoms with Crippen molar-refractivity contribution in [2.45, 2.75) is 168 Å². The number of hydrogen-bond donors (Lipinski definition) is 3. The zero-order valence-electron chi connectivity index (χ0n) is 31.2. The SMILES string of the molecule is CCCCc1cc(O)ccc1C(CCCC)(CCCC)n1c(=O)[nH]c(=O)n(C(CCCC)(CCCC)c2ccc(O)cc2CCCC)c1=O. The zero-order chi connectivity index (χ0) is 36.0. The molecule has 0 unspecified atom stereocenters. The van der Waals surface area contributed by atoms with Gasteiger partial charge in [0.15, 0.2) is 0 Å². The number of phenolic OH excluding ortho intramolecular Hbond substituents is 2. The highest BCUT2D eigenvalue weighted by atomic mass is 16.3. The Bertz CT molecular complexity index is 1520. The van der Waals surface area contributed by atoms with E-state index in [1.165, 1.54) is 9.13 Å². The van der Waals surface area contributed by atoms with E-state index < -0.39 is 28.1 Å². The van der Waals surface area contributed by atoms with Gasteiger partial charge in [-0.1, -0.05) is 118 Å². The van der Waals surface area contributed by atoms with Crippen molar-refractivity contribution in [3.05, 3.63) is 90.1 Å². The van der Waals surface area contributed by atoms with Crippen LogP contribution in [0.2, 0.25) is 0 Å². The summed E-state index contributed by atoms with van der Waals surface area (Å²) in [5, 5.41) is 21.2. The highest BCUT2D eigenvalue weighted by molar-refractivity contribution is 5.42. The van der Waals surface area contributed by atoms with E-state index in [2.05, 4.69) is 46.5 Å². The molecule has 0 fully saturated rings. The van der Waals surface area contributed by atoms with Crippen molar-refractivity contribution in [2.24, 2.45) is 0 Å². The number of aromatic nitrogens is 3. The monoisotopic (exact) mass is 677 g/mol. The number of unbranched alkanes of at least 4 members (excludes halogenated alkanes) is 6. The summed E-state index contributed by atoms with van der Waals surface area (Å²) in [6.45, 7) is 12.7. The van der Waals surface area contributed by atoms with Crippen molar-refractivity contribution in [1.29, 1.82) is 0 Å². The van der Waals surface area contributed by atoms with E-state index in [1.54, 1.807) is 24.3 Å². The molecule has 0 bridgehead atoms. The Labute approximate surface area is 293 Å². The van der Waals surface area contributed by atoms with E-state index in [9.17, 15) is 19.8 Å². The summed E-state index contributed by atoms with van der Waals surface area (Å²) in [6, 6.07) is 10.7. The summed E-state index contributed by atoms with van der Waals surface area (Å²) >= 11 is 0. The predicted octanol–water partition coefficient (Wildman–Crippen LogP) is 9.04. The third kappa shape index (κ3) is 8.98. The molecule has 3 rings (SSSR count). The summed E-state index contributed by atoms with van der Waals surface area (Å²) in [6.07, 6.45) is 13.9. The van der Waals surface area contributed by atoms with Gasteiger partial charge in [-0.3, -0.25) is 4.98 Å². The van der Waals surface area contributed by atoms with Crippen LogP contribution in [0.4, 0.5) is 0 Å². The van der Waals surface area contributed by atoms with Crippen molar-refractivity contribution in [2.75, 3.05) is 0 Å². The lowest BCUT2D eigenvalue weighted by Gasteiger charge is -2.41. The van der Waals surface area contributed by atoms with E-state index in [1.807, 2.05) is 12.1 Å². The number of rotatable bonds is 22. The van der Waals surface area contributed by atoms with Crippen molar-refractivity contribution in [3.63, 3.8) is 0 Å². The van der Waals surface area contributed by atoms with Gasteiger partial charge < -0.3 is 10.2 Å². The molecule has 3 aromatic rings. The first-order chi connectivity index (χ1) is 23.6. The molecule has 0 saturated carbocycles. The number of benzene rings is 2. The molecule has 1 heterocycles. The molecule has 49 heavy (non-hydrogen) atoms. The van der Waals surface area contributed by atoms with Gasteiger partial charge in [0.1, 0.15) is 11.5 Å². The van der Waals surface area contributed by atoms with Crippen LogP contribution >= 0.6 is 0 Å². The third-order valence-electron chi connectivity index (χ3n) is 10.4. The van der Waals surface area contributed by atoms with Gasteiger partial charge in [0.2, 0.25) is 0 Å². The van der Waals surface area contributed by atoms with Gasteiger partial charge in [-0.2, -0.15) is 0 Å². The Balaban J connectivity index is 2.60. The maximum atomic E-state index is 15.5. The highest BCUT2D eigenvalue weighted by Gasteiger charge is 2.43. The van der Waals surface area contributed by atoms with Crippen molar-refractivity contribution in [3.8, 4) is 11.5 Å². The molecule has 3 N–H and O–H groups in total. The van der Waals surface area contributed by atoms with E-state index >= 15 is 4.79 Å². The zero-order valence-corrected chi connectivity index (χ0v) is 31.2. The number of H-pyrrole nitrogens is 1. The summed E-state index contributed by atoms with van der Waals surface area (Å²) in [5.74, 6) is 0.317. The third-order valence-corrected chi connectivity index (χ3v) is 10.4. The lowest BCUT2D eigenvalue weighted by Crippen LogP contribution is -2.62. The standard InChI is InChI=1S/C41H63N3O5/c1-7-13-19-31-29-33(45)21-23-35(31)40(25-15-9-3,26-16-10-4)43-37(47)42-38(48)44(39(43)49)41(27-17-11-5,28-18-12-6)36-24-22-34(46)30-32(36)20-14-8-2/h21-24,29-30,45-46H,7-20,25-28H2,1-6H3,(H,42,47,48). The molecule has 0 amide bonds. The Morgan fingerprint density at radius 1 is 0.531 bits per heavy atom. The summed E-state index contributed by atoms with van der Waals surface area (Å²) in [4.78, 5) is 46.8. The quantitative estimate of drug-likeness (QED) is 0.0981. The molecule has 0 aliphatic heterocycles. The summed E-state index contributed by atoms with van der Waals surface area (Å²) < 4.78 is 2.78. The van der Waals surface area contributed by atoms with Crippen molar-refractivity contribution < 1.29 is 10.2 Å². The van der Waals surface area contributed by atoms with Gasteiger partial charge in [-0.05, 0) is 97.9 Å². The van der Waals surface area contributed by atoms with Crippen LogP contribution in [0.1, 0.15) is 167 Å². The summed E-state index contributed by atoms with van der Waals surface area (Å²) in [5.41, 5.74) is -0.400. The lowest BCUT2D eigenvalue weighted by atomic mass is 9.76. The minimum absolute atomic E-state index is 0.158. The molecular weight excluding hydrogens is 614 g/mol. The fourth-order valence-corrected chi connectivity index (χ4v) is 7.80. The molecule has 0 saturated heterocycles. The number of aromatic amines is 1. The average molecular weight is 678 g/mol. The van der Waals surface area contributed by atoms with Crippen LogP contribution in [0.3, 0.4) is 0 Å². The molecule has 0 radical (unpaired) electrons. The predicted molar refractivity (Wildman–Crippen MR) is 201 cm³/mol. The van der Waals surface area contributed by atoms with E-state index in [0.29, 0.717) is 38.5 Å². The van der Waals surface area contributed by atoms with Crippen LogP contribution in [0.25, 0.3) is 0 Å². The molecule has 0 spiro atoms. The molecule has 8 nitrogen and oxygen atoms in total. The molecule has 2 aromatic carbocycles. The second kappa shape index (κ2) is 19.0. The number of hydrogen-bond acceptors (Lipinski definition) is 5. The first-order valence-electron chi connectivity index (χ1n) is 19.2. The number of nitrogens with zero attached hydrogens (tertiary/aromatic N) is 2. The Hall–Kier alpha value is -3.55. The van der Waals surface area contributed by atoms with Crippen molar-refractivity contribution in [1.82, 2.24) is 14.1 Å². The fraction of sp³-hybridized carbons (Fsp3) is 0.634. The first-order valence-corrected chi connectivity index (χ1v) is 19.2. The normalized spacial score (nSPS) is 12.1. The van der Waals surface area contributed by atoms with Crippen molar-refractivity contribution >= 4 is 0 Å². The number of phenols is 2. The largest absolute Gasteiger partial charge is 0.508 e. The highest BCUT2D eigenvalue weighted by Crippen LogP contribution is 2.41. The number of nitrogens with one attached hydrogen (secondary N) is 1. The van der Waals surface area contributed by atoms with Gasteiger partial charge in [-0.15, -0.1) is 0 Å². The van der Waals surface area contributed by atoms with Crippen LogP contribution < -0.4 is 17.1 Å². The fourth-order valence-electron chi connectivity index (χ4n) is 7.80. The van der Waals surface area contributed by atoms with Gasteiger partial charge >= 0.3 is 17.1 Å². The minimum Gasteiger partial charge on any atom is -0.508 e. The maximum Gasteiger partial charge on any atom is 0.337 e. The van der Waals surface area contributed by atoms with Crippen LogP contribution in [0, 0.1) is 0 Å². The molecule has 0 atom stereocenters. The lowest BCUT2D eigenvalue weighted by molar-refractivity contribution is 0.213. The topological polar surface area (TPSA) is 117 Å². The number of aromatic hydroxyl groups is 2. The summed E-state index contributed by atoms with van der Waals surface area (Å²) in [7, 11) is 0. The molecular formula is C41H63N3O5. The Kier molecular flexibility index (Phi) is 15.5. The Morgan fingerprint density at radius 3 is 1.16 bits per heavy atom. The Morgan fingerprint density at radius 2 is 0.857 bits per heavy atom. The van der Waals surface area contributed by atoms with Crippen LogP contribution in [-0.4, -0.2) is 24.3 Å². The van der Waals surface area contributed by atoms with Crippen LogP contribution in [-0.2, 0) is 23.9 Å². The minimum atomic E-state index is -1.02. The first kappa shape index (κ1) is 39.9. The molecule has 8 heteroatoms. The molecule has 0 aliphatic rings. The van der Waals surface area contributed by atoms with Gasteiger partial charge in [0.05, 0.1) is 11.1 Å². The van der Waals surface area contributed by atoms with E-state index in [0.717, 1.165) is 99.3 Å². The van der Waals surface area contributed by atoms with Gasteiger partial charge in [0.25, 0.3) is 0 Å².